The Labute approximate surface area is 255 Å². The summed E-state index contributed by atoms with van der Waals surface area (Å²) in [4.78, 5) is 0. The van der Waals surface area contributed by atoms with Gasteiger partial charge in [0.25, 0.3) is 0 Å². The quantitative estimate of drug-likeness (QED) is 0.274. The molecular formula is C35H31Cl2Zr-. The predicted molar refractivity (Wildman–Crippen MR) is 150 cm³/mol. The molecule has 2 aliphatic rings. The van der Waals surface area contributed by atoms with E-state index < -0.39 is 0 Å². The van der Waals surface area contributed by atoms with Gasteiger partial charge < -0.3 is 24.8 Å². The number of benzene rings is 4. The van der Waals surface area contributed by atoms with Crippen LogP contribution in [0.1, 0.15) is 56.0 Å². The first-order valence-electron chi connectivity index (χ1n) is 12.6. The first-order chi connectivity index (χ1) is 17.5. The number of aryl methyl sites for hydroxylation is 1. The molecule has 0 fully saturated rings. The van der Waals surface area contributed by atoms with Gasteiger partial charge in [-0.25, -0.2) is 0 Å². The molecule has 0 bridgehead atoms. The number of rotatable bonds is 3. The third-order valence-corrected chi connectivity index (χ3v) is 8.99. The van der Waals surface area contributed by atoms with E-state index >= 15 is 0 Å². The third-order valence-electron chi connectivity index (χ3n) is 7.57. The van der Waals surface area contributed by atoms with Crippen molar-refractivity contribution >= 4 is 3.21 Å². The van der Waals surface area contributed by atoms with E-state index in [0.29, 0.717) is 5.92 Å². The van der Waals surface area contributed by atoms with Gasteiger partial charge >= 0.3 is 99.2 Å². The second-order valence-electron chi connectivity index (χ2n) is 9.76. The van der Waals surface area contributed by atoms with Crippen molar-refractivity contribution in [1.82, 2.24) is 0 Å². The van der Waals surface area contributed by atoms with E-state index in [9.17, 15) is 0 Å². The number of hydrogen-bond acceptors (Lipinski definition) is 0. The van der Waals surface area contributed by atoms with Crippen LogP contribution in [-0.2, 0) is 30.7 Å². The van der Waals surface area contributed by atoms with Gasteiger partial charge in [-0.05, 0) is 37.3 Å². The Hall–Kier alpha value is -2.31. The predicted octanol–water partition coefficient (Wildman–Crippen LogP) is 2.31. The summed E-state index contributed by atoms with van der Waals surface area (Å²) in [5, 5.41) is 0. The molecule has 2 aliphatic carbocycles. The van der Waals surface area contributed by atoms with Crippen LogP contribution < -0.4 is 24.8 Å². The number of halogens is 2. The third kappa shape index (κ3) is 5.97. The van der Waals surface area contributed by atoms with Gasteiger partial charge in [0.1, 0.15) is 0 Å². The average Bonchev–Trinajstić information content (AvgIpc) is 3.58. The molecule has 0 amide bonds. The van der Waals surface area contributed by atoms with Crippen LogP contribution in [0.4, 0.5) is 0 Å². The van der Waals surface area contributed by atoms with Crippen molar-refractivity contribution in [2.75, 3.05) is 0 Å². The Morgan fingerprint density at radius 2 is 1.24 bits per heavy atom. The van der Waals surface area contributed by atoms with E-state index in [4.69, 9.17) is 0 Å². The Morgan fingerprint density at radius 1 is 0.684 bits per heavy atom. The van der Waals surface area contributed by atoms with Gasteiger partial charge in [0.2, 0.25) is 0 Å². The van der Waals surface area contributed by atoms with Crippen LogP contribution in [0.25, 0.3) is 11.1 Å². The van der Waals surface area contributed by atoms with Crippen LogP contribution in [0.15, 0.2) is 97.1 Å². The van der Waals surface area contributed by atoms with Gasteiger partial charge in [0.15, 0.2) is 0 Å². The van der Waals surface area contributed by atoms with Crippen LogP contribution in [0, 0.1) is 33.8 Å². The first-order valence-corrected chi connectivity index (χ1v) is 13.9. The Bertz CT molecular complexity index is 1450. The molecule has 0 unspecified atom stereocenters. The average molecular weight is 614 g/mol. The standard InChI is InChI=1S/C22H21.C13H10.2ClH.Zr/c1-13-9-10-18-11-19-12-20(17-7-5-6-8-17)15(3)16(4)22(19)21(18)14(13)2;1-3-7-12(8-4-1)11-13-9-5-2-6-10-13;;;/h5-10,17H,11H2,1-4H3;1-10H;2*1H;/q-1;;;;+2/p-2. The molecule has 190 valence electrons. The minimum absolute atomic E-state index is 0. The van der Waals surface area contributed by atoms with Gasteiger partial charge in [-0.3, -0.25) is 0 Å². The monoisotopic (exact) mass is 611 g/mol. The first kappa shape index (κ1) is 30.2. The van der Waals surface area contributed by atoms with Crippen LogP contribution >= 0.6 is 0 Å². The van der Waals surface area contributed by atoms with Crippen LogP contribution in [-0.4, -0.2) is 3.21 Å². The van der Waals surface area contributed by atoms with Crippen molar-refractivity contribution in [2.45, 2.75) is 40.0 Å². The van der Waals surface area contributed by atoms with Crippen molar-refractivity contribution in [3.63, 3.8) is 0 Å². The maximum atomic E-state index is 3.77. The zero-order chi connectivity index (χ0) is 25.2. The summed E-state index contributed by atoms with van der Waals surface area (Å²) in [6.45, 7) is 9.01. The Balaban J connectivity index is 0.000000219. The maximum absolute atomic E-state index is 3.77. The Kier molecular flexibility index (Phi) is 10.5. The molecule has 0 saturated carbocycles. The molecule has 0 heterocycles. The normalized spacial score (nSPS) is 12.6. The van der Waals surface area contributed by atoms with Crippen molar-refractivity contribution in [2.24, 2.45) is 0 Å². The molecule has 0 aliphatic heterocycles. The van der Waals surface area contributed by atoms with Crippen molar-refractivity contribution < 1.29 is 49.0 Å². The van der Waals surface area contributed by atoms with E-state index in [2.05, 4.69) is 131 Å². The van der Waals surface area contributed by atoms with Gasteiger partial charge in [0.05, 0.1) is 0 Å². The van der Waals surface area contributed by atoms with Crippen LogP contribution in [0.5, 0.6) is 0 Å². The summed E-state index contributed by atoms with van der Waals surface area (Å²) in [7, 11) is 0. The molecule has 0 radical (unpaired) electrons. The number of fused-ring (bicyclic) bond motifs is 3. The van der Waals surface area contributed by atoms with Gasteiger partial charge in [-0.2, -0.15) is 11.6 Å². The molecule has 0 spiro atoms. The Morgan fingerprint density at radius 3 is 1.79 bits per heavy atom. The summed E-state index contributed by atoms with van der Waals surface area (Å²) >= 11 is 1.46. The fourth-order valence-electron chi connectivity index (χ4n) is 5.30. The van der Waals surface area contributed by atoms with Gasteiger partial charge in [0, 0.05) is 0 Å². The molecule has 4 aromatic rings. The molecule has 0 aromatic heterocycles. The SMILES string of the molecule is Cc1ccc2c(c1C)-c1c([c-]c(C3C=CC=C3)c(C)c1C)C2.[Cl-].[Cl-].[Zr+2]=[C](c1ccccc1)c1ccccc1. The van der Waals surface area contributed by atoms with E-state index in [1.54, 1.807) is 0 Å². The van der Waals surface area contributed by atoms with Crippen LogP contribution in [0.2, 0.25) is 0 Å². The molecule has 6 rings (SSSR count). The van der Waals surface area contributed by atoms with E-state index in [0.717, 1.165) is 6.42 Å². The second kappa shape index (κ2) is 13.2. The van der Waals surface area contributed by atoms with Crippen molar-refractivity contribution in [3.05, 3.63) is 153 Å². The van der Waals surface area contributed by atoms with Gasteiger partial charge in [-0.15, -0.1) is 22.3 Å². The van der Waals surface area contributed by atoms with Crippen LogP contribution in [0.3, 0.4) is 0 Å². The van der Waals surface area contributed by atoms with Crippen molar-refractivity contribution in [1.29, 1.82) is 0 Å². The van der Waals surface area contributed by atoms with E-state index in [1.165, 1.54) is 88.6 Å². The zero-order valence-corrected chi connectivity index (χ0v) is 26.2. The second-order valence-corrected chi connectivity index (χ2v) is 11.0. The number of allylic oxidation sites excluding steroid dienone is 4. The summed E-state index contributed by atoms with van der Waals surface area (Å²) in [6, 6.07) is 29.4. The molecule has 38 heavy (non-hydrogen) atoms. The summed E-state index contributed by atoms with van der Waals surface area (Å²) in [6.07, 6.45) is 9.84. The summed E-state index contributed by atoms with van der Waals surface area (Å²) in [5.74, 6) is 0.399. The molecule has 0 saturated heterocycles. The molecule has 3 heteroatoms. The molecule has 0 N–H and O–H groups in total. The molecule has 4 aromatic carbocycles. The molecular weight excluding hydrogens is 583 g/mol. The van der Waals surface area contributed by atoms with Gasteiger partial charge in [-0.1, -0.05) is 61.4 Å². The summed E-state index contributed by atoms with van der Waals surface area (Å²) in [5.41, 5.74) is 15.4. The van der Waals surface area contributed by atoms with Crippen molar-refractivity contribution in [3.8, 4) is 11.1 Å². The fourth-order valence-corrected chi connectivity index (χ4v) is 6.12. The zero-order valence-electron chi connectivity index (χ0n) is 22.3. The fraction of sp³-hybridized carbons (Fsp3) is 0.171. The topological polar surface area (TPSA) is 0 Å². The number of hydrogen-bond donors (Lipinski definition) is 0. The minimum atomic E-state index is 0. The van der Waals surface area contributed by atoms with E-state index in [1.807, 2.05) is 0 Å². The summed E-state index contributed by atoms with van der Waals surface area (Å²) < 4.78 is 1.42. The molecule has 0 atom stereocenters. The van der Waals surface area contributed by atoms with E-state index in [-0.39, 0.29) is 24.8 Å². The molecule has 0 nitrogen and oxygen atoms in total.